The van der Waals surface area contributed by atoms with Crippen molar-refractivity contribution in [2.24, 2.45) is 5.73 Å². The van der Waals surface area contributed by atoms with Crippen molar-refractivity contribution < 1.29 is 4.79 Å². The molecule has 3 heteroatoms. The van der Waals surface area contributed by atoms with Crippen molar-refractivity contribution in [2.75, 3.05) is 0 Å². The van der Waals surface area contributed by atoms with Gasteiger partial charge in [0.2, 0.25) is 5.91 Å². The molecule has 0 aliphatic rings. The van der Waals surface area contributed by atoms with Crippen LogP contribution in [0, 0.1) is 6.92 Å². The molecule has 0 spiro atoms. The van der Waals surface area contributed by atoms with Crippen LogP contribution in [0.2, 0.25) is 0 Å². The molecule has 1 aromatic rings. The number of nitrogens with one attached hydrogen (secondary N) is 1. The van der Waals surface area contributed by atoms with E-state index in [0.717, 1.165) is 5.56 Å². The molecule has 2 atom stereocenters. The third kappa shape index (κ3) is 4.04. The summed E-state index contributed by atoms with van der Waals surface area (Å²) in [6.45, 7) is 7.55. The summed E-state index contributed by atoms with van der Waals surface area (Å²) in [5.41, 5.74) is 7.98. The lowest BCUT2D eigenvalue weighted by atomic mass is 10.1. The summed E-state index contributed by atoms with van der Waals surface area (Å²) < 4.78 is 0. The lowest BCUT2D eigenvalue weighted by Crippen LogP contribution is -2.41. The number of amides is 1. The van der Waals surface area contributed by atoms with Gasteiger partial charge >= 0.3 is 0 Å². The van der Waals surface area contributed by atoms with E-state index in [1.807, 2.05) is 38.1 Å². The van der Waals surface area contributed by atoms with Gasteiger partial charge in [0, 0.05) is 0 Å². The normalized spacial score (nSPS) is 13.8. The summed E-state index contributed by atoms with van der Waals surface area (Å²) in [7, 11) is 0. The second-order valence-electron chi connectivity index (χ2n) is 4.27. The Morgan fingerprint density at radius 1 is 1.47 bits per heavy atom. The summed E-state index contributed by atoms with van der Waals surface area (Å²) in [5, 5.41) is 2.89. The fourth-order valence-electron chi connectivity index (χ4n) is 1.55. The molecule has 0 saturated carbocycles. The predicted molar refractivity (Wildman–Crippen MR) is 70.5 cm³/mol. The number of nitrogens with two attached hydrogens (primary N) is 1. The molecule has 0 bridgehead atoms. The van der Waals surface area contributed by atoms with Gasteiger partial charge in [0.1, 0.15) is 0 Å². The second-order valence-corrected chi connectivity index (χ2v) is 4.27. The van der Waals surface area contributed by atoms with E-state index < -0.39 is 6.04 Å². The molecule has 1 unspecified atom stereocenters. The number of carbonyl (C=O) groups is 1. The predicted octanol–water partition coefficient (Wildman–Crippen LogP) is 2.08. The van der Waals surface area contributed by atoms with E-state index in [2.05, 4.69) is 11.9 Å². The van der Waals surface area contributed by atoms with E-state index in [0.29, 0.717) is 6.42 Å². The van der Waals surface area contributed by atoms with Crippen LogP contribution < -0.4 is 11.1 Å². The monoisotopic (exact) mass is 232 g/mol. The number of hydrogen-bond acceptors (Lipinski definition) is 2. The minimum atomic E-state index is -0.514. The van der Waals surface area contributed by atoms with Gasteiger partial charge in [0.25, 0.3) is 0 Å². The van der Waals surface area contributed by atoms with Crippen molar-refractivity contribution in [3.05, 3.63) is 48.0 Å². The first-order valence-electron chi connectivity index (χ1n) is 5.78. The van der Waals surface area contributed by atoms with Gasteiger partial charge in [-0.25, -0.2) is 0 Å². The first kappa shape index (κ1) is 13.5. The molecule has 0 aliphatic heterocycles. The molecule has 0 heterocycles. The summed E-state index contributed by atoms with van der Waals surface area (Å²) >= 11 is 0. The summed E-state index contributed by atoms with van der Waals surface area (Å²) in [4.78, 5) is 11.7. The van der Waals surface area contributed by atoms with Crippen LogP contribution in [-0.4, -0.2) is 11.9 Å². The van der Waals surface area contributed by atoms with Gasteiger partial charge in [0.05, 0.1) is 12.1 Å². The molecular formula is C14H20N2O. The van der Waals surface area contributed by atoms with E-state index in [1.165, 1.54) is 5.56 Å². The Balaban J connectivity index is 2.59. The highest BCUT2D eigenvalue weighted by Crippen LogP contribution is 2.13. The number of rotatable bonds is 5. The third-order valence-electron chi connectivity index (χ3n) is 2.69. The quantitative estimate of drug-likeness (QED) is 0.764. The van der Waals surface area contributed by atoms with Gasteiger partial charge < -0.3 is 11.1 Å². The average molecular weight is 232 g/mol. The molecule has 3 nitrogen and oxygen atoms in total. The van der Waals surface area contributed by atoms with Gasteiger partial charge in [-0.2, -0.15) is 0 Å². The Morgan fingerprint density at radius 3 is 2.59 bits per heavy atom. The summed E-state index contributed by atoms with van der Waals surface area (Å²) in [6.07, 6.45) is 2.15. The lowest BCUT2D eigenvalue weighted by molar-refractivity contribution is -0.122. The minimum absolute atomic E-state index is 0.0287. The smallest absolute Gasteiger partial charge is 0.237 e. The Hall–Kier alpha value is -1.61. The number of aryl methyl sites for hydroxylation is 1. The zero-order valence-electron chi connectivity index (χ0n) is 10.4. The molecule has 0 aromatic heterocycles. The van der Waals surface area contributed by atoms with Crippen molar-refractivity contribution in [1.29, 1.82) is 0 Å². The number of carbonyl (C=O) groups excluding carboxylic acids is 1. The minimum Gasteiger partial charge on any atom is -0.348 e. The number of benzene rings is 1. The van der Waals surface area contributed by atoms with Gasteiger partial charge in [-0.1, -0.05) is 35.9 Å². The van der Waals surface area contributed by atoms with Crippen LogP contribution in [0.15, 0.2) is 36.9 Å². The first-order valence-corrected chi connectivity index (χ1v) is 5.78. The van der Waals surface area contributed by atoms with Gasteiger partial charge in [-0.3, -0.25) is 4.79 Å². The van der Waals surface area contributed by atoms with Gasteiger partial charge in [0.15, 0.2) is 0 Å². The molecule has 92 valence electrons. The van der Waals surface area contributed by atoms with Crippen LogP contribution in [0.25, 0.3) is 0 Å². The summed E-state index contributed by atoms with van der Waals surface area (Å²) in [5.74, 6) is -0.141. The fraction of sp³-hybridized carbons (Fsp3) is 0.357. The molecule has 0 aliphatic carbocycles. The van der Waals surface area contributed by atoms with Crippen molar-refractivity contribution in [3.8, 4) is 0 Å². The maximum atomic E-state index is 11.7. The average Bonchev–Trinajstić information content (AvgIpc) is 2.30. The van der Waals surface area contributed by atoms with Crippen LogP contribution in [0.1, 0.15) is 30.5 Å². The van der Waals surface area contributed by atoms with E-state index in [9.17, 15) is 4.79 Å². The third-order valence-corrected chi connectivity index (χ3v) is 2.69. The topological polar surface area (TPSA) is 55.1 Å². The van der Waals surface area contributed by atoms with Crippen molar-refractivity contribution in [2.45, 2.75) is 32.4 Å². The Kier molecular flexibility index (Phi) is 4.91. The van der Waals surface area contributed by atoms with Crippen molar-refractivity contribution >= 4 is 5.91 Å². The largest absolute Gasteiger partial charge is 0.348 e. The van der Waals surface area contributed by atoms with Gasteiger partial charge in [-0.05, 0) is 25.8 Å². The highest BCUT2D eigenvalue weighted by molar-refractivity contribution is 5.82. The highest BCUT2D eigenvalue weighted by atomic mass is 16.2. The first-order chi connectivity index (χ1) is 8.04. The Labute approximate surface area is 103 Å². The van der Waals surface area contributed by atoms with Crippen LogP contribution in [0.3, 0.4) is 0 Å². The van der Waals surface area contributed by atoms with Crippen LogP contribution >= 0.6 is 0 Å². The SMILES string of the molecule is C=CCC(N)C(=O)N[C@@H](C)c1ccc(C)cc1. The van der Waals surface area contributed by atoms with E-state index in [1.54, 1.807) is 6.08 Å². The van der Waals surface area contributed by atoms with Gasteiger partial charge in [-0.15, -0.1) is 6.58 Å². The maximum Gasteiger partial charge on any atom is 0.237 e. The van der Waals surface area contributed by atoms with Crippen LogP contribution in [-0.2, 0) is 4.79 Å². The van der Waals surface area contributed by atoms with Crippen molar-refractivity contribution in [1.82, 2.24) is 5.32 Å². The molecule has 17 heavy (non-hydrogen) atoms. The van der Waals surface area contributed by atoms with Crippen LogP contribution in [0.4, 0.5) is 0 Å². The molecule has 1 rings (SSSR count). The highest BCUT2D eigenvalue weighted by Gasteiger charge is 2.14. The fourth-order valence-corrected chi connectivity index (χ4v) is 1.55. The van der Waals surface area contributed by atoms with Crippen LogP contribution in [0.5, 0.6) is 0 Å². The molecule has 0 radical (unpaired) electrons. The maximum absolute atomic E-state index is 11.7. The molecular weight excluding hydrogens is 212 g/mol. The lowest BCUT2D eigenvalue weighted by Gasteiger charge is -2.17. The molecule has 0 saturated heterocycles. The Bertz CT molecular complexity index is 384. The molecule has 3 N–H and O–H groups in total. The zero-order chi connectivity index (χ0) is 12.8. The Morgan fingerprint density at radius 2 is 2.06 bits per heavy atom. The molecule has 1 amide bonds. The second kappa shape index (κ2) is 6.21. The van der Waals surface area contributed by atoms with E-state index >= 15 is 0 Å². The van der Waals surface area contributed by atoms with Crippen molar-refractivity contribution in [3.63, 3.8) is 0 Å². The summed E-state index contributed by atoms with van der Waals surface area (Å²) in [6, 6.07) is 7.54. The zero-order valence-corrected chi connectivity index (χ0v) is 10.4. The van der Waals surface area contributed by atoms with E-state index in [-0.39, 0.29) is 11.9 Å². The standard InChI is InChI=1S/C14H20N2O/c1-4-5-13(15)14(17)16-11(3)12-8-6-10(2)7-9-12/h4,6-9,11,13H,1,5,15H2,2-3H3,(H,16,17)/t11-,13?/m0/s1. The number of hydrogen-bond donors (Lipinski definition) is 2. The molecule has 1 aromatic carbocycles. The van der Waals surface area contributed by atoms with E-state index in [4.69, 9.17) is 5.73 Å². The molecule has 0 fully saturated rings.